The molecule has 7 heteroatoms. The monoisotopic (exact) mass is 332 g/mol. The second-order valence-electron chi connectivity index (χ2n) is 7.09. The Morgan fingerprint density at radius 2 is 1.83 bits per heavy atom. The van der Waals surface area contributed by atoms with Crippen LogP contribution in [-0.2, 0) is 9.59 Å². The van der Waals surface area contributed by atoms with Gasteiger partial charge in [0.25, 0.3) is 0 Å². The lowest BCUT2D eigenvalue weighted by Crippen LogP contribution is -2.63. The normalized spacial score (nSPS) is 35.4. The molecule has 3 aliphatic rings. The van der Waals surface area contributed by atoms with Gasteiger partial charge in [-0.3, -0.25) is 9.59 Å². The Bertz CT molecular complexity index is 480. The van der Waals surface area contributed by atoms with E-state index < -0.39 is 18.0 Å². The van der Waals surface area contributed by atoms with E-state index in [4.69, 9.17) is 0 Å². The zero-order valence-corrected chi connectivity index (χ0v) is 13.1. The van der Waals surface area contributed by atoms with Crippen molar-refractivity contribution in [1.29, 1.82) is 0 Å². The van der Waals surface area contributed by atoms with Gasteiger partial charge in [-0.15, -0.1) is 0 Å². The summed E-state index contributed by atoms with van der Waals surface area (Å²) in [4.78, 5) is 26.2. The third-order valence-electron chi connectivity index (χ3n) is 5.56. The van der Waals surface area contributed by atoms with Crippen molar-refractivity contribution >= 4 is 11.8 Å². The molecule has 1 aliphatic heterocycles. The van der Waals surface area contributed by atoms with E-state index in [1.807, 2.05) is 0 Å². The van der Waals surface area contributed by atoms with Gasteiger partial charge in [0.15, 0.2) is 0 Å². The molecule has 0 radical (unpaired) electrons. The number of carbonyl (C=O) groups is 2. The first-order chi connectivity index (χ1) is 10.9. The fraction of sp³-hybridized carbons (Fsp3) is 0.875. The molecule has 23 heavy (non-hydrogen) atoms. The van der Waals surface area contributed by atoms with E-state index in [0.717, 1.165) is 25.7 Å². The number of nitrogens with one attached hydrogen (secondary N) is 1. The first-order valence-corrected chi connectivity index (χ1v) is 8.53. The van der Waals surface area contributed by atoms with Crippen molar-refractivity contribution in [2.24, 2.45) is 11.8 Å². The second-order valence-corrected chi connectivity index (χ2v) is 7.09. The van der Waals surface area contributed by atoms with Gasteiger partial charge in [0.05, 0.1) is 18.5 Å². The van der Waals surface area contributed by atoms with Gasteiger partial charge in [-0.2, -0.15) is 13.2 Å². The molecular weight excluding hydrogens is 309 g/mol. The number of hydrogen-bond donors (Lipinski definition) is 1. The number of piperazine rings is 1. The molecule has 0 bridgehead atoms. The van der Waals surface area contributed by atoms with E-state index in [9.17, 15) is 22.8 Å². The summed E-state index contributed by atoms with van der Waals surface area (Å²) in [6.45, 7) is -0.00676. The quantitative estimate of drug-likeness (QED) is 0.802. The van der Waals surface area contributed by atoms with Crippen LogP contribution in [0.2, 0.25) is 0 Å². The maximum Gasteiger partial charge on any atom is 0.391 e. The summed E-state index contributed by atoms with van der Waals surface area (Å²) in [7, 11) is 0. The summed E-state index contributed by atoms with van der Waals surface area (Å²) in [5, 5.41) is 2.93. The maximum absolute atomic E-state index is 13.0. The van der Waals surface area contributed by atoms with Crippen LogP contribution in [0.1, 0.15) is 51.4 Å². The Hall–Kier alpha value is -1.27. The molecule has 3 rings (SSSR count). The van der Waals surface area contributed by atoms with Gasteiger partial charge in [0.1, 0.15) is 0 Å². The van der Waals surface area contributed by atoms with Crippen LogP contribution >= 0.6 is 0 Å². The number of fused-ring (bicyclic) bond motifs is 1. The number of hydrogen-bond acceptors (Lipinski definition) is 2. The van der Waals surface area contributed by atoms with Gasteiger partial charge in [-0.05, 0) is 32.1 Å². The third-order valence-corrected chi connectivity index (χ3v) is 5.56. The lowest BCUT2D eigenvalue weighted by Gasteiger charge is -2.45. The predicted octanol–water partition coefficient (Wildman–Crippen LogP) is 2.62. The molecule has 4 nitrogen and oxygen atoms in total. The van der Waals surface area contributed by atoms with Crippen LogP contribution in [0.15, 0.2) is 0 Å². The average molecular weight is 332 g/mol. The number of alkyl halides is 3. The van der Waals surface area contributed by atoms with Crippen LogP contribution in [0, 0.1) is 11.8 Å². The van der Waals surface area contributed by atoms with Crippen LogP contribution in [0.5, 0.6) is 0 Å². The van der Waals surface area contributed by atoms with Crippen molar-refractivity contribution in [2.45, 2.75) is 69.6 Å². The molecule has 2 saturated carbocycles. The summed E-state index contributed by atoms with van der Waals surface area (Å²) >= 11 is 0. The van der Waals surface area contributed by atoms with Gasteiger partial charge in [-0.25, -0.2) is 0 Å². The van der Waals surface area contributed by atoms with Crippen LogP contribution in [0.3, 0.4) is 0 Å². The minimum Gasteiger partial charge on any atom is -0.350 e. The van der Waals surface area contributed by atoms with E-state index in [1.165, 1.54) is 0 Å². The number of amides is 2. The van der Waals surface area contributed by atoms with Gasteiger partial charge >= 0.3 is 6.18 Å². The van der Waals surface area contributed by atoms with Crippen molar-refractivity contribution < 1.29 is 22.8 Å². The Morgan fingerprint density at radius 3 is 2.57 bits per heavy atom. The Balaban J connectivity index is 1.71. The van der Waals surface area contributed by atoms with Crippen molar-refractivity contribution in [3.05, 3.63) is 0 Å². The molecule has 4 atom stereocenters. The Morgan fingerprint density at radius 1 is 1.09 bits per heavy atom. The van der Waals surface area contributed by atoms with Gasteiger partial charge in [0, 0.05) is 12.0 Å². The Labute approximate surface area is 133 Å². The molecule has 1 heterocycles. The van der Waals surface area contributed by atoms with Crippen LogP contribution < -0.4 is 5.32 Å². The molecule has 130 valence electrons. The van der Waals surface area contributed by atoms with E-state index in [0.29, 0.717) is 12.8 Å². The lowest BCUT2D eigenvalue weighted by molar-refractivity contribution is -0.188. The van der Waals surface area contributed by atoms with Crippen LogP contribution in [-0.4, -0.2) is 41.5 Å². The molecule has 1 N–H and O–H groups in total. The van der Waals surface area contributed by atoms with Crippen LogP contribution in [0.25, 0.3) is 0 Å². The molecule has 0 aromatic heterocycles. The highest BCUT2D eigenvalue weighted by Gasteiger charge is 2.46. The largest absolute Gasteiger partial charge is 0.391 e. The summed E-state index contributed by atoms with van der Waals surface area (Å²) in [6, 6.07) is -0.0730. The fourth-order valence-corrected chi connectivity index (χ4v) is 4.36. The number of carbonyl (C=O) groups excluding carboxylic acids is 2. The Kier molecular flexibility index (Phi) is 4.56. The van der Waals surface area contributed by atoms with Gasteiger partial charge < -0.3 is 10.2 Å². The SMILES string of the molecule is O=C1CN(C(=O)[C@@H]2CCC[C@H](C(F)(F)F)C2)[C@@H]2CCCC[C@@H]2N1. The zero-order valence-electron chi connectivity index (χ0n) is 13.1. The highest BCUT2D eigenvalue weighted by Crippen LogP contribution is 2.41. The molecular formula is C16H23F3N2O2. The van der Waals surface area contributed by atoms with Crippen molar-refractivity contribution in [2.75, 3.05) is 6.54 Å². The first kappa shape index (κ1) is 16.6. The molecule has 2 amide bonds. The molecule has 0 aromatic rings. The highest BCUT2D eigenvalue weighted by atomic mass is 19.4. The highest BCUT2D eigenvalue weighted by molar-refractivity contribution is 5.87. The second kappa shape index (κ2) is 6.32. The predicted molar refractivity (Wildman–Crippen MR) is 77.4 cm³/mol. The van der Waals surface area contributed by atoms with Gasteiger partial charge in [0.2, 0.25) is 11.8 Å². The standard InChI is InChI=1S/C16H23F3N2O2/c17-16(18,19)11-5-3-4-10(8-11)15(23)21-9-14(22)20-12-6-1-2-7-13(12)21/h10-13H,1-9H2,(H,20,22)/t10-,11+,12+,13-/m1/s1. The number of halogens is 3. The van der Waals surface area contributed by atoms with Crippen molar-refractivity contribution in [1.82, 2.24) is 10.2 Å². The molecule has 0 aromatic carbocycles. The van der Waals surface area contributed by atoms with Crippen molar-refractivity contribution in [3.63, 3.8) is 0 Å². The zero-order chi connectivity index (χ0) is 16.6. The summed E-state index contributed by atoms with van der Waals surface area (Å²) < 4.78 is 38.9. The van der Waals surface area contributed by atoms with Crippen molar-refractivity contribution in [3.8, 4) is 0 Å². The van der Waals surface area contributed by atoms with E-state index in [1.54, 1.807) is 4.90 Å². The minimum absolute atomic E-state index is 0.00676. The maximum atomic E-state index is 13.0. The smallest absolute Gasteiger partial charge is 0.350 e. The average Bonchev–Trinajstić information content (AvgIpc) is 2.52. The van der Waals surface area contributed by atoms with E-state index in [-0.39, 0.29) is 43.3 Å². The van der Waals surface area contributed by atoms with E-state index in [2.05, 4.69) is 5.32 Å². The fourth-order valence-electron chi connectivity index (χ4n) is 4.36. The molecule has 0 spiro atoms. The lowest BCUT2D eigenvalue weighted by atomic mass is 9.79. The molecule has 3 fully saturated rings. The van der Waals surface area contributed by atoms with E-state index >= 15 is 0 Å². The van der Waals surface area contributed by atoms with Gasteiger partial charge in [-0.1, -0.05) is 19.3 Å². The number of nitrogens with zero attached hydrogens (tertiary/aromatic N) is 1. The third kappa shape index (κ3) is 3.48. The summed E-state index contributed by atoms with van der Waals surface area (Å²) in [5.41, 5.74) is 0. The topological polar surface area (TPSA) is 49.4 Å². The van der Waals surface area contributed by atoms with Crippen LogP contribution in [0.4, 0.5) is 13.2 Å². The molecule has 0 unspecified atom stereocenters. The first-order valence-electron chi connectivity index (χ1n) is 8.53. The minimum atomic E-state index is -4.23. The summed E-state index contributed by atoms with van der Waals surface area (Å²) in [6.07, 6.45) is 0.362. The number of rotatable bonds is 1. The molecule has 1 saturated heterocycles. The summed E-state index contributed by atoms with van der Waals surface area (Å²) in [5.74, 6) is -2.41. The molecule has 2 aliphatic carbocycles.